The summed E-state index contributed by atoms with van der Waals surface area (Å²) < 4.78 is 4.79. The predicted molar refractivity (Wildman–Crippen MR) is 65.9 cm³/mol. The lowest BCUT2D eigenvalue weighted by molar-refractivity contribution is -0.139. The van der Waals surface area contributed by atoms with Crippen LogP contribution in [0.2, 0.25) is 0 Å². The Morgan fingerprint density at radius 1 is 1.65 bits per heavy atom. The third-order valence-electron chi connectivity index (χ3n) is 1.67. The molecule has 0 atom stereocenters. The van der Waals surface area contributed by atoms with Gasteiger partial charge >= 0.3 is 5.97 Å². The standard InChI is InChI=1S/C10H11N3O2S2/c1-3-15-8(14)6-17-10-12-5-7(4-11)9(13-10)16-2/h5H,3,6H2,1-2H3. The van der Waals surface area contributed by atoms with Gasteiger partial charge in [-0.15, -0.1) is 11.8 Å². The molecule has 1 aromatic heterocycles. The van der Waals surface area contributed by atoms with Crippen molar-refractivity contribution in [3.8, 4) is 6.07 Å². The lowest BCUT2D eigenvalue weighted by Crippen LogP contribution is -2.07. The van der Waals surface area contributed by atoms with Crippen LogP contribution in [0.25, 0.3) is 0 Å². The first-order valence-corrected chi connectivity index (χ1v) is 7.01. The maximum atomic E-state index is 11.1. The van der Waals surface area contributed by atoms with Crippen LogP contribution in [0.1, 0.15) is 12.5 Å². The van der Waals surface area contributed by atoms with Gasteiger partial charge in [-0.25, -0.2) is 9.97 Å². The molecule has 0 unspecified atom stereocenters. The first kappa shape index (κ1) is 13.8. The molecule has 7 heteroatoms. The summed E-state index contributed by atoms with van der Waals surface area (Å²) in [7, 11) is 0. The number of rotatable bonds is 5. The molecular formula is C10H11N3O2S2. The van der Waals surface area contributed by atoms with Gasteiger partial charge in [-0.3, -0.25) is 4.79 Å². The molecule has 0 aliphatic rings. The molecule has 1 rings (SSSR count). The normalized spacial score (nSPS) is 9.71. The predicted octanol–water partition coefficient (Wildman–Crippen LogP) is 1.73. The van der Waals surface area contributed by atoms with Gasteiger partial charge in [0.2, 0.25) is 0 Å². The molecule has 90 valence electrons. The number of aromatic nitrogens is 2. The molecule has 0 amide bonds. The molecule has 1 aromatic rings. The Balaban J connectivity index is 2.67. The van der Waals surface area contributed by atoms with E-state index in [4.69, 9.17) is 10.00 Å². The maximum absolute atomic E-state index is 11.1. The fraction of sp³-hybridized carbons (Fsp3) is 0.400. The van der Waals surface area contributed by atoms with Crippen LogP contribution in [0, 0.1) is 11.3 Å². The van der Waals surface area contributed by atoms with Crippen molar-refractivity contribution in [2.24, 2.45) is 0 Å². The Morgan fingerprint density at radius 3 is 3.00 bits per heavy atom. The van der Waals surface area contributed by atoms with Crippen LogP contribution in [-0.2, 0) is 9.53 Å². The zero-order valence-electron chi connectivity index (χ0n) is 9.47. The van der Waals surface area contributed by atoms with Crippen LogP contribution in [-0.4, -0.2) is 34.6 Å². The van der Waals surface area contributed by atoms with Crippen LogP contribution in [0.3, 0.4) is 0 Å². The van der Waals surface area contributed by atoms with Gasteiger partial charge in [-0.1, -0.05) is 11.8 Å². The lowest BCUT2D eigenvalue weighted by atomic mass is 10.4. The molecule has 17 heavy (non-hydrogen) atoms. The number of nitriles is 1. The Labute approximate surface area is 108 Å². The molecule has 0 fully saturated rings. The van der Waals surface area contributed by atoms with E-state index >= 15 is 0 Å². The number of carbonyl (C=O) groups is 1. The maximum Gasteiger partial charge on any atom is 0.316 e. The van der Waals surface area contributed by atoms with E-state index in [1.54, 1.807) is 6.92 Å². The van der Waals surface area contributed by atoms with Crippen LogP contribution < -0.4 is 0 Å². The second kappa shape index (κ2) is 7.14. The third kappa shape index (κ3) is 4.24. The summed E-state index contributed by atoms with van der Waals surface area (Å²) in [5, 5.41) is 9.90. The summed E-state index contributed by atoms with van der Waals surface area (Å²) in [5.41, 5.74) is 0.443. The zero-order chi connectivity index (χ0) is 12.7. The van der Waals surface area contributed by atoms with Crippen molar-refractivity contribution in [2.45, 2.75) is 17.1 Å². The molecule has 0 saturated heterocycles. The summed E-state index contributed by atoms with van der Waals surface area (Å²) in [6, 6.07) is 2.01. The number of carbonyl (C=O) groups excluding carboxylic acids is 1. The topological polar surface area (TPSA) is 75.9 Å². The van der Waals surface area contributed by atoms with Crippen LogP contribution in [0.4, 0.5) is 0 Å². The lowest BCUT2D eigenvalue weighted by Gasteiger charge is -2.03. The summed E-state index contributed by atoms with van der Waals surface area (Å²) in [4.78, 5) is 19.3. The van der Waals surface area contributed by atoms with Crippen molar-refractivity contribution in [1.82, 2.24) is 9.97 Å². The zero-order valence-corrected chi connectivity index (χ0v) is 11.1. The van der Waals surface area contributed by atoms with Gasteiger partial charge in [0.1, 0.15) is 16.7 Å². The first-order chi connectivity index (χ1) is 8.21. The number of esters is 1. The van der Waals surface area contributed by atoms with Crippen LogP contribution in [0.5, 0.6) is 0 Å². The third-order valence-corrected chi connectivity index (χ3v) is 3.20. The smallest absolute Gasteiger partial charge is 0.316 e. The van der Waals surface area contributed by atoms with Crippen molar-refractivity contribution in [2.75, 3.05) is 18.6 Å². The second-order valence-electron chi connectivity index (χ2n) is 2.78. The van der Waals surface area contributed by atoms with Gasteiger partial charge in [-0.05, 0) is 13.2 Å². The quantitative estimate of drug-likeness (QED) is 0.348. The monoisotopic (exact) mass is 269 g/mol. The van der Waals surface area contributed by atoms with Gasteiger partial charge in [0.25, 0.3) is 0 Å². The summed E-state index contributed by atoms with van der Waals surface area (Å²) in [6.07, 6.45) is 3.30. The summed E-state index contributed by atoms with van der Waals surface area (Å²) >= 11 is 2.57. The highest BCUT2D eigenvalue weighted by Gasteiger charge is 2.09. The molecule has 0 saturated carbocycles. The van der Waals surface area contributed by atoms with Crippen molar-refractivity contribution >= 4 is 29.5 Å². The minimum absolute atomic E-state index is 0.174. The molecule has 0 aliphatic carbocycles. The van der Waals surface area contributed by atoms with Crippen molar-refractivity contribution in [3.05, 3.63) is 11.8 Å². The van der Waals surface area contributed by atoms with E-state index in [1.807, 2.05) is 12.3 Å². The highest BCUT2D eigenvalue weighted by Crippen LogP contribution is 2.20. The highest BCUT2D eigenvalue weighted by molar-refractivity contribution is 8.00. The van der Waals surface area contributed by atoms with Gasteiger partial charge in [0, 0.05) is 0 Å². The average Bonchev–Trinajstić information content (AvgIpc) is 2.36. The van der Waals surface area contributed by atoms with E-state index in [0.29, 0.717) is 22.4 Å². The summed E-state index contributed by atoms with van der Waals surface area (Å²) in [6.45, 7) is 2.12. The first-order valence-electron chi connectivity index (χ1n) is 4.80. The van der Waals surface area contributed by atoms with Gasteiger partial charge in [0.05, 0.1) is 18.6 Å². The van der Waals surface area contributed by atoms with Crippen molar-refractivity contribution in [1.29, 1.82) is 5.26 Å². The van der Waals surface area contributed by atoms with Gasteiger partial charge in [0.15, 0.2) is 5.16 Å². The number of ether oxygens (including phenoxy) is 1. The number of hydrogen-bond acceptors (Lipinski definition) is 7. The Morgan fingerprint density at radius 2 is 2.41 bits per heavy atom. The van der Waals surface area contributed by atoms with E-state index in [-0.39, 0.29) is 11.7 Å². The molecule has 5 nitrogen and oxygen atoms in total. The van der Waals surface area contributed by atoms with E-state index in [2.05, 4.69) is 9.97 Å². The number of nitrogens with zero attached hydrogens (tertiary/aromatic N) is 3. The SMILES string of the molecule is CCOC(=O)CSc1ncc(C#N)c(SC)n1. The molecule has 0 N–H and O–H groups in total. The molecule has 0 bridgehead atoms. The number of hydrogen-bond donors (Lipinski definition) is 0. The van der Waals surface area contributed by atoms with Crippen LogP contribution in [0.15, 0.2) is 16.4 Å². The van der Waals surface area contributed by atoms with E-state index in [1.165, 1.54) is 29.7 Å². The Hall–Kier alpha value is -1.26. The summed E-state index contributed by atoms with van der Waals surface area (Å²) in [5.74, 6) is -0.121. The van der Waals surface area contributed by atoms with Gasteiger partial charge in [-0.2, -0.15) is 5.26 Å². The fourth-order valence-electron chi connectivity index (χ4n) is 0.979. The van der Waals surface area contributed by atoms with Gasteiger partial charge < -0.3 is 4.74 Å². The second-order valence-corrected chi connectivity index (χ2v) is 4.52. The average molecular weight is 269 g/mol. The minimum atomic E-state index is -0.295. The molecule has 0 radical (unpaired) electrons. The molecule has 1 heterocycles. The van der Waals surface area contributed by atoms with Crippen molar-refractivity contribution in [3.63, 3.8) is 0 Å². The Kier molecular flexibility index (Phi) is 5.80. The fourth-order valence-corrected chi connectivity index (χ4v) is 2.15. The largest absolute Gasteiger partial charge is 0.465 e. The molecular weight excluding hydrogens is 258 g/mol. The highest BCUT2D eigenvalue weighted by atomic mass is 32.2. The van der Waals surface area contributed by atoms with E-state index < -0.39 is 0 Å². The van der Waals surface area contributed by atoms with Crippen LogP contribution >= 0.6 is 23.5 Å². The van der Waals surface area contributed by atoms with E-state index in [9.17, 15) is 4.79 Å². The minimum Gasteiger partial charge on any atom is -0.465 e. The van der Waals surface area contributed by atoms with Crippen molar-refractivity contribution < 1.29 is 9.53 Å². The Bertz CT molecular complexity index is 446. The molecule has 0 spiro atoms. The number of thioether (sulfide) groups is 2. The molecule has 0 aliphatic heterocycles. The van der Waals surface area contributed by atoms with E-state index in [0.717, 1.165) is 0 Å². The molecule has 0 aromatic carbocycles.